The number of hydrogen-bond acceptors (Lipinski definition) is 6. The number of ether oxygens (including phenoxy) is 1. The maximum Gasteiger partial charge on any atom is 0.444 e. The predicted octanol–water partition coefficient (Wildman–Crippen LogP) is 1.92. The minimum Gasteiger partial charge on any atom is -0.409 e. The Morgan fingerprint density at radius 1 is 1.29 bits per heavy atom. The third-order valence-corrected chi connectivity index (χ3v) is 3.13. The molecule has 1 aromatic heterocycles. The minimum atomic E-state index is -0.913. The number of nitrogens with zero attached hydrogens (tertiary/aromatic N) is 4. The number of nitrogens with two attached hydrogens (primary N) is 1. The first kappa shape index (κ1) is 19.3. The Bertz CT molecular complexity index is 704. The van der Waals surface area contributed by atoms with Crippen LogP contribution >= 0.6 is 0 Å². The van der Waals surface area contributed by atoms with E-state index in [0.717, 1.165) is 10.6 Å². The standard InChI is InChI=1S/C11H13N5O3.C5H12/c1-14(2)9-13-16(10(17)15(9)12)11(18)19-8-6-4-3-5-7-8;1-4-5(2)3/h3-7H,12H2,1-2H3;5H,4H2,1-3H3. The normalized spacial score (nSPS) is 10.1. The highest BCUT2D eigenvalue weighted by Crippen LogP contribution is 2.09. The van der Waals surface area contributed by atoms with Gasteiger partial charge in [-0.3, -0.25) is 0 Å². The molecule has 2 rings (SSSR count). The van der Waals surface area contributed by atoms with Gasteiger partial charge >= 0.3 is 11.8 Å². The van der Waals surface area contributed by atoms with Crippen molar-refractivity contribution in [2.24, 2.45) is 5.92 Å². The van der Waals surface area contributed by atoms with E-state index in [9.17, 15) is 9.59 Å². The smallest absolute Gasteiger partial charge is 0.409 e. The van der Waals surface area contributed by atoms with Crippen molar-refractivity contribution in [2.45, 2.75) is 27.2 Å². The van der Waals surface area contributed by atoms with Gasteiger partial charge in [0.2, 0.25) is 5.95 Å². The lowest BCUT2D eigenvalue weighted by Crippen LogP contribution is -2.35. The quantitative estimate of drug-likeness (QED) is 0.861. The fraction of sp³-hybridized carbons (Fsp3) is 0.438. The van der Waals surface area contributed by atoms with Crippen molar-refractivity contribution < 1.29 is 9.53 Å². The second-order valence-corrected chi connectivity index (χ2v) is 5.74. The molecule has 0 unspecified atom stereocenters. The molecule has 0 spiro atoms. The van der Waals surface area contributed by atoms with Crippen LogP contribution in [-0.4, -0.2) is 34.6 Å². The summed E-state index contributed by atoms with van der Waals surface area (Å²) < 4.78 is 6.35. The SMILES string of the molecule is CCC(C)C.CN(C)c1nn(C(=O)Oc2ccccc2)c(=O)n1N. The summed E-state index contributed by atoms with van der Waals surface area (Å²) in [7, 11) is 3.30. The Balaban J connectivity index is 0.000000505. The average Bonchev–Trinajstić information content (AvgIpc) is 2.85. The molecular formula is C16H25N5O3. The summed E-state index contributed by atoms with van der Waals surface area (Å²) in [6.07, 6.45) is 0.392. The van der Waals surface area contributed by atoms with Crippen LogP contribution in [0.5, 0.6) is 5.75 Å². The van der Waals surface area contributed by atoms with Gasteiger partial charge in [-0.05, 0) is 18.1 Å². The molecule has 0 bridgehead atoms. The molecule has 0 saturated carbocycles. The molecule has 8 heteroatoms. The van der Waals surface area contributed by atoms with Crippen molar-refractivity contribution in [1.82, 2.24) is 14.5 Å². The van der Waals surface area contributed by atoms with Crippen LogP contribution in [-0.2, 0) is 0 Å². The molecule has 1 heterocycles. The van der Waals surface area contributed by atoms with E-state index in [-0.39, 0.29) is 5.95 Å². The lowest BCUT2D eigenvalue weighted by Gasteiger charge is -2.07. The van der Waals surface area contributed by atoms with E-state index in [0.29, 0.717) is 10.4 Å². The van der Waals surface area contributed by atoms with E-state index < -0.39 is 11.8 Å². The number of para-hydroxylation sites is 1. The summed E-state index contributed by atoms with van der Waals surface area (Å²) >= 11 is 0. The molecule has 0 atom stereocenters. The first-order chi connectivity index (χ1) is 11.3. The number of carbonyl (C=O) groups excluding carboxylic acids is 1. The number of rotatable bonds is 3. The topological polar surface area (TPSA) is 95.4 Å². The molecule has 0 aliphatic rings. The second kappa shape index (κ2) is 8.76. The molecule has 2 aromatic rings. The van der Waals surface area contributed by atoms with Crippen LogP contribution in [0.3, 0.4) is 0 Å². The number of hydrogen-bond donors (Lipinski definition) is 1. The summed E-state index contributed by atoms with van der Waals surface area (Å²) in [4.78, 5) is 25.1. The maximum atomic E-state index is 11.8. The third-order valence-electron chi connectivity index (χ3n) is 3.13. The van der Waals surface area contributed by atoms with E-state index in [2.05, 4.69) is 25.9 Å². The lowest BCUT2D eigenvalue weighted by atomic mass is 10.2. The van der Waals surface area contributed by atoms with E-state index in [4.69, 9.17) is 10.6 Å². The Labute approximate surface area is 141 Å². The summed E-state index contributed by atoms with van der Waals surface area (Å²) in [5.74, 6) is 6.86. The van der Waals surface area contributed by atoms with E-state index >= 15 is 0 Å². The molecular weight excluding hydrogens is 310 g/mol. The van der Waals surface area contributed by atoms with Gasteiger partial charge in [-0.2, -0.15) is 4.68 Å². The molecule has 0 aliphatic heterocycles. The zero-order chi connectivity index (χ0) is 18.3. The van der Waals surface area contributed by atoms with E-state index in [1.165, 1.54) is 11.3 Å². The first-order valence-electron chi connectivity index (χ1n) is 7.69. The van der Waals surface area contributed by atoms with Gasteiger partial charge < -0.3 is 15.5 Å². The van der Waals surface area contributed by atoms with Gasteiger partial charge in [-0.25, -0.2) is 9.59 Å². The Kier molecular flexibility index (Phi) is 7.03. The van der Waals surface area contributed by atoms with Gasteiger partial charge in [0.1, 0.15) is 5.75 Å². The predicted molar refractivity (Wildman–Crippen MR) is 94.0 cm³/mol. The highest BCUT2D eigenvalue weighted by Gasteiger charge is 2.19. The number of nitrogen functional groups attached to an aromatic ring is 1. The summed E-state index contributed by atoms with van der Waals surface area (Å²) in [5, 5.41) is 3.80. The monoisotopic (exact) mass is 335 g/mol. The number of carbonyl (C=O) groups is 1. The fourth-order valence-electron chi connectivity index (χ4n) is 1.42. The molecule has 132 valence electrons. The van der Waals surface area contributed by atoms with Crippen LogP contribution in [0.4, 0.5) is 10.7 Å². The van der Waals surface area contributed by atoms with Gasteiger partial charge in [0, 0.05) is 14.1 Å². The van der Waals surface area contributed by atoms with Crippen LogP contribution < -0.4 is 21.2 Å². The first-order valence-corrected chi connectivity index (χ1v) is 7.69. The van der Waals surface area contributed by atoms with Crippen molar-refractivity contribution in [3.8, 4) is 5.75 Å². The highest BCUT2D eigenvalue weighted by molar-refractivity contribution is 5.72. The molecule has 0 fully saturated rings. The van der Waals surface area contributed by atoms with Crippen LogP contribution in [0.2, 0.25) is 0 Å². The van der Waals surface area contributed by atoms with E-state index in [1.807, 2.05) is 0 Å². The summed E-state index contributed by atoms with van der Waals surface area (Å²) in [5.41, 5.74) is -0.773. The van der Waals surface area contributed by atoms with Crippen molar-refractivity contribution in [3.05, 3.63) is 40.8 Å². The molecule has 0 radical (unpaired) electrons. The fourth-order valence-corrected chi connectivity index (χ4v) is 1.42. The van der Waals surface area contributed by atoms with Gasteiger partial charge in [0.15, 0.2) is 0 Å². The Morgan fingerprint density at radius 2 is 1.83 bits per heavy atom. The number of benzene rings is 1. The Morgan fingerprint density at radius 3 is 2.25 bits per heavy atom. The van der Waals surface area contributed by atoms with Crippen LogP contribution in [0, 0.1) is 5.92 Å². The summed E-state index contributed by atoms with van der Waals surface area (Å²) in [6.45, 7) is 6.64. The van der Waals surface area contributed by atoms with Crippen molar-refractivity contribution in [1.29, 1.82) is 0 Å². The van der Waals surface area contributed by atoms with Crippen LogP contribution in [0.25, 0.3) is 0 Å². The van der Waals surface area contributed by atoms with E-state index in [1.54, 1.807) is 44.4 Å². The van der Waals surface area contributed by atoms with Gasteiger partial charge in [-0.15, -0.1) is 9.78 Å². The minimum absolute atomic E-state index is 0.148. The molecule has 0 amide bonds. The maximum absolute atomic E-state index is 11.8. The number of aromatic nitrogens is 3. The summed E-state index contributed by atoms with van der Waals surface area (Å²) in [6, 6.07) is 8.38. The van der Waals surface area contributed by atoms with Crippen molar-refractivity contribution >= 4 is 12.0 Å². The number of anilines is 1. The zero-order valence-electron chi connectivity index (χ0n) is 14.8. The van der Waals surface area contributed by atoms with Gasteiger partial charge in [0.05, 0.1) is 0 Å². The average molecular weight is 335 g/mol. The Hall–Kier alpha value is -2.77. The van der Waals surface area contributed by atoms with Gasteiger partial charge in [0.25, 0.3) is 0 Å². The van der Waals surface area contributed by atoms with Crippen molar-refractivity contribution in [3.63, 3.8) is 0 Å². The molecule has 8 nitrogen and oxygen atoms in total. The van der Waals surface area contributed by atoms with Crippen LogP contribution in [0.1, 0.15) is 27.2 Å². The second-order valence-electron chi connectivity index (χ2n) is 5.74. The largest absolute Gasteiger partial charge is 0.444 e. The third kappa shape index (κ3) is 5.15. The van der Waals surface area contributed by atoms with Gasteiger partial charge in [-0.1, -0.05) is 45.4 Å². The van der Waals surface area contributed by atoms with Crippen molar-refractivity contribution in [2.75, 3.05) is 24.8 Å². The highest BCUT2D eigenvalue weighted by atomic mass is 16.6. The molecule has 1 aromatic carbocycles. The zero-order valence-corrected chi connectivity index (χ0v) is 14.8. The molecule has 2 N–H and O–H groups in total. The lowest BCUT2D eigenvalue weighted by molar-refractivity contribution is 0.197. The van der Waals surface area contributed by atoms with Crippen LogP contribution in [0.15, 0.2) is 35.1 Å². The molecule has 0 saturated heterocycles. The molecule has 24 heavy (non-hydrogen) atoms. The molecule has 0 aliphatic carbocycles.